The van der Waals surface area contributed by atoms with E-state index in [9.17, 15) is 9.59 Å². The molecule has 3 aromatic carbocycles. The van der Waals surface area contributed by atoms with Crippen molar-refractivity contribution in [2.75, 3.05) is 6.61 Å². The van der Waals surface area contributed by atoms with Gasteiger partial charge in [-0.25, -0.2) is 0 Å². The number of nitrogens with one attached hydrogen (secondary N) is 1. The number of hydrogen-bond acceptors (Lipinski definition) is 3. The lowest BCUT2D eigenvalue weighted by Crippen LogP contribution is -2.20. The molecule has 0 saturated carbocycles. The van der Waals surface area contributed by atoms with Crippen molar-refractivity contribution < 1.29 is 14.3 Å². The molecule has 4 nitrogen and oxygen atoms in total. The van der Waals surface area contributed by atoms with Crippen molar-refractivity contribution in [3.63, 3.8) is 0 Å². The molecular weight excluding hydrogens is 374 g/mol. The summed E-state index contributed by atoms with van der Waals surface area (Å²) >= 11 is 0. The van der Waals surface area contributed by atoms with Crippen LogP contribution in [-0.4, -0.2) is 23.3 Å². The topological polar surface area (TPSA) is 59.2 Å². The number of ketones is 1. The average Bonchev–Trinajstić information content (AvgIpc) is 3.19. The van der Waals surface area contributed by atoms with Crippen LogP contribution in [0.3, 0.4) is 0 Å². The standard InChI is InChI=1S/C26H23NO3/c1-2-20(18-11-5-3-6-12-18)26(29)30-17-23(28)24-21-15-9-10-16-22(21)27-25(24)19-13-7-4-8-14-19/h3-16,20,27H,2,17H2,1H3/t20-/m0/s1. The Hall–Kier alpha value is -3.66. The van der Waals surface area contributed by atoms with E-state index in [1.54, 1.807) is 0 Å². The van der Waals surface area contributed by atoms with Gasteiger partial charge in [0.2, 0.25) is 5.78 Å². The fourth-order valence-electron chi connectivity index (χ4n) is 3.79. The number of carbonyl (C=O) groups is 2. The largest absolute Gasteiger partial charge is 0.457 e. The second-order valence-corrected chi connectivity index (χ2v) is 7.19. The molecule has 1 aromatic heterocycles. The molecule has 0 unspecified atom stereocenters. The summed E-state index contributed by atoms with van der Waals surface area (Å²) in [5.74, 6) is -0.976. The van der Waals surface area contributed by atoms with Gasteiger partial charge in [0.15, 0.2) is 6.61 Å². The third kappa shape index (κ3) is 3.90. The van der Waals surface area contributed by atoms with E-state index >= 15 is 0 Å². The Kier molecular flexibility index (Phi) is 5.75. The fraction of sp³-hybridized carbons (Fsp3) is 0.154. The number of H-pyrrole nitrogens is 1. The average molecular weight is 397 g/mol. The number of carbonyl (C=O) groups excluding carboxylic acids is 2. The number of hydrogen-bond donors (Lipinski definition) is 1. The second kappa shape index (κ2) is 8.78. The smallest absolute Gasteiger partial charge is 0.313 e. The summed E-state index contributed by atoms with van der Waals surface area (Å²) in [7, 11) is 0. The van der Waals surface area contributed by atoms with Gasteiger partial charge >= 0.3 is 5.97 Å². The number of fused-ring (bicyclic) bond motifs is 1. The lowest BCUT2D eigenvalue weighted by molar-refractivity contribution is -0.144. The van der Waals surface area contributed by atoms with Crippen LogP contribution in [0.5, 0.6) is 0 Å². The number of aromatic nitrogens is 1. The summed E-state index contributed by atoms with van der Waals surface area (Å²) in [6, 6.07) is 26.9. The monoisotopic (exact) mass is 397 g/mol. The normalized spacial score (nSPS) is 11.9. The summed E-state index contributed by atoms with van der Waals surface area (Å²) < 4.78 is 5.47. The van der Waals surface area contributed by atoms with E-state index in [1.807, 2.05) is 91.9 Å². The van der Waals surface area contributed by atoms with Crippen molar-refractivity contribution in [1.29, 1.82) is 0 Å². The molecular formula is C26H23NO3. The van der Waals surface area contributed by atoms with Gasteiger partial charge in [-0.15, -0.1) is 0 Å². The van der Waals surface area contributed by atoms with E-state index in [0.717, 1.165) is 27.7 Å². The zero-order valence-corrected chi connectivity index (χ0v) is 16.8. The van der Waals surface area contributed by atoms with Crippen LogP contribution in [0.2, 0.25) is 0 Å². The maximum atomic E-state index is 13.2. The summed E-state index contributed by atoms with van der Waals surface area (Å²) in [6.07, 6.45) is 0.611. The molecule has 1 atom stereocenters. The minimum atomic E-state index is -0.379. The van der Waals surface area contributed by atoms with Crippen LogP contribution in [0.15, 0.2) is 84.9 Å². The quantitative estimate of drug-likeness (QED) is 0.319. The lowest BCUT2D eigenvalue weighted by atomic mass is 9.97. The van der Waals surface area contributed by atoms with Crippen LogP contribution in [-0.2, 0) is 9.53 Å². The Morgan fingerprint density at radius 1 is 0.867 bits per heavy atom. The van der Waals surface area contributed by atoms with E-state index in [1.165, 1.54) is 0 Å². The van der Waals surface area contributed by atoms with Gasteiger partial charge in [0.1, 0.15) is 0 Å². The molecule has 4 heteroatoms. The van der Waals surface area contributed by atoms with E-state index in [-0.39, 0.29) is 24.3 Å². The molecule has 0 saturated heterocycles. The molecule has 4 aromatic rings. The first kappa shape index (κ1) is 19.6. The third-order valence-electron chi connectivity index (χ3n) is 5.29. The minimum Gasteiger partial charge on any atom is -0.457 e. The Balaban J connectivity index is 1.60. The molecule has 1 heterocycles. The van der Waals surface area contributed by atoms with Gasteiger partial charge in [0.25, 0.3) is 0 Å². The van der Waals surface area contributed by atoms with Crippen LogP contribution < -0.4 is 0 Å². The Morgan fingerprint density at radius 3 is 2.20 bits per heavy atom. The first-order valence-corrected chi connectivity index (χ1v) is 10.1. The van der Waals surface area contributed by atoms with Crippen molar-refractivity contribution in [3.8, 4) is 11.3 Å². The zero-order valence-electron chi connectivity index (χ0n) is 16.8. The SMILES string of the molecule is CC[C@H](C(=O)OCC(=O)c1c(-c2ccccc2)[nH]c2ccccc12)c1ccccc1. The molecule has 1 N–H and O–H groups in total. The number of para-hydroxylation sites is 1. The maximum Gasteiger partial charge on any atom is 0.313 e. The van der Waals surface area contributed by atoms with Crippen LogP contribution in [0.1, 0.15) is 35.2 Å². The summed E-state index contributed by atoms with van der Waals surface area (Å²) in [6.45, 7) is 1.65. The highest BCUT2D eigenvalue weighted by atomic mass is 16.5. The van der Waals surface area contributed by atoms with Gasteiger partial charge in [0.05, 0.1) is 17.2 Å². The Labute approximate surface area is 175 Å². The summed E-state index contributed by atoms with van der Waals surface area (Å²) in [5, 5.41) is 0.826. The van der Waals surface area contributed by atoms with E-state index in [0.29, 0.717) is 12.0 Å². The molecule has 150 valence electrons. The van der Waals surface area contributed by atoms with E-state index in [2.05, 4.69) is 4.98 Å². The highest BCUT2D eigenvalue weighted by Crippen LogP contribution is 2.31. The van der Waals surface area contributed by atoms with Crippen LogP contribution in [0.25, 0.3) is 22.2 Å². The van der Waals surface area contributed by atoms with Crippen molar-refractivity contribution in [3.05, 3.63) is 96.1 Å². The van der Waals surface area contributed by atoms with Gasteiger partial charge in [-0.2, -0.15) is 0 Å². The van der Waals surface area contributed by atoms with Crippen molar-refractivity contribution in [1.82, 2.24) is 4.98 Å². The van der Waals surface area contributed by atoms with Gasteiger partial charge in [-0.1, -0.05) is 85.8 Å². The Morgan fingerprint density at radius 2 is 1.50 bits per heavy atom. The fourth-order valence-corrected chi connectivity index (χ4v) is 3.79. The number of aromatic amines is 1. The van der Waals surface area contributed by atoms with Gasteiger partial charge in [-0.05, 0) is 23.6 Å². The van der Waals surface area contributed by atoms with Crippen LogP contribution >= 0.6 is 0 Å². The number of esters is 1. The number of ether oxygens (including phenoxy) is 1. The Bertz CT molecular complexity index is 1160. The lowest BCUT2D eigenvalue weighted by Gasteiger charge is -2.14. The van der Waals surface area contributed by atoms with Crippen molar-refractivity contribution in [2.45, 2.75) is 19.3 Å². The molecule has 0 aliphatic rings. The number of rotatable bonds is 7. The van der Waals surface area contributed by atoms with E-state index in [4.69, 9.17) is 4.74 Å². The predicted molar refractivity (Wildman–Crippen MR) is 118 cm³/mol. The van der Waals surface area contributed by atoms with Crippen molar-refractivity contribution >= 4 is 22.7 Å². The molecule has 0 fully saturated rings. The van der Waals surface area contributed by atoms with E-state index < -0.39 is 0 Å². The second-order valence-electron chi connectivity index (χ2n) is 7.19. The van der Waals surface area contributed by atoms with Gasteiger partial charge < -0.3 is 9.72 Å². The molecule has 0 bridgehead atoms. The maximum absolute atomic E-state index is 13.2. The molecule has 4 rings (SSSR count). The highest BCUT2D eigenvalue weighted by Gasteiger charge is 2.24. The van der Waals surface area contributed by atoms with Gasteiger partial charge in [-0.3, -0.25) is 9.59 Å². The minimum absolute atomic E-state index is 0.220. The zero-order chi connectivity index (χ0) is 20.9. The third-order valence-corrected chi connectivity index (χ3v) is 5.29. The first-order chi connectivity index (χ1) is 14.7. The highest BCUT2D eigenvalue weighted by molar-refractivity contribution is 6.14. The molecule has 0 radical (unpaired) electrons. The van der Waals surface area contributed by atoms with Gasteiger partial charge in [0, 0.05) is 10.9 Å². The van der Waals surface area contributed by atoms with Crippen LogP contribution in [0.4, 0.5) is 0 Å². The number of Topliss-reactive ketones (excluding diaryl/α,β-unsaturated/α-hetero) is 1. The predicted octanol–water partition coefficient (Wildman–Crippen LogP) is 5.75. The van der Waals surface area contributed by atoms with Crippen molar-refractivity contribution in [2.24, 2.45) is 0 Å². The first-order valence-electron chi connectivity index (χ1n) is 10.1. The molecule has 0 aliphatic heterocycles. The molecule has 0 aliphatic carbocycles. The van der Waals surface area contributed by atoms with Crippen LogP contribution in [0, 0.1) is 0 Å². The summed E-state index contributed by atoms with van der Waals surface area (Å²) in [4.78, 5) is 29.2. The molecule has 30 heavy (non-hydrogen) atoms. The molecule has 0 spiro atoms. The molecule has 0 amide bonds. The number of benzene rings is 3. The summed E-state index contributed by atoms with van der Waals surface area (Å²) in [5.41, 5.74) is 3.99.